The predicted octanol–water partition coefficient (Wildman–Crippen LogP) is 2.39. The van der Waals surface area contributed by atoms with Gasteiger partial charge in [0.25, 0.3) is 0 Å². The number of benzene rings is 1. The number of hydrazine groups is 1. The molecule has 3 rings (SSSR count). The van der Waals surface area contributed by atoms with Gasteiger partial charge in [0, 0.05) is 19.2 Å². The van der Waals surface area contributed by atoms with Crippen LogP contribution in [0.25, 0.3) is 6.08 Å². The highest BCUT2D eigenvalue weighted by Gasteiger charge is 2.28. The second-order valence-electron chi connectivity index (χ2n) is 6.72. The van der Waals surface area contributed by atoms with E-state index in [0.717, 1.165) is 24.0 Å². The lowest BCUT2D eigenvalue weighted by Gasteiger charge is -2.32. The molecule has 0 radical (unpaired) electrons. The number of thiocarbonyl (C=S) groups is 1. The lowest BCUT2D eigenvalue weighted by molar-refractivity contribution is -0.130. The van der Waals surface area contributed by atoms with Gasteiger partial charge in [-0.3, -0.25) is 20.4 Å². The SMILES string of the molecule is CC(=O)N1C=Cc2ccccc2[C@H]1CC(=O)NNC(=S)NC1CCCC1. The van der Waals surface area contributed by atoms with Gasteiger partial charge in [-0.2, -0.15) is 0 Å². The van der Waals surface area contributed by atoms with Crippen LogP contribution in [0.2, 0.25) is 0 Å². The molecule has 1 fully saturated rings. The van der Waals surface area contributed by atoms with Crippen molar-refractivity contribution in [1.29, 1.82) is 0 Å². The Bertz CT molecular complexity index is 728. The van der Waals surface area contributed by atoms with Crippen LogP contribution in [0.4, 0.5) is 0 Å². The number of nitrogens with one attached hydrogen (secondary N) is 3. The fraction of sp³-hybridized carbons (Fsp3) is 0.421. The molecule has 3 N–H and O–H groups in total. The third-order valence-electron chi connectivity index (χ3n) is 4.85. The molecule has 0 spiro atoms. The molecule has 1 heterocycles. The number of hydrogen-bond acceptors (Lipinski definition) is 3. The Kier molecular flexibility index (Phi) is 5.88. The van der Waals surface area contributed by atoms with E-state index in [1.807, 2.05) is 30.3 Å². The highest BCUT2D eigenvalue weighted by molar-refractivity contribution is 7.80. The second kappa shape index (κ2) is 8.31. The summed E-state index contributed by atoms with van der Waals surface area (Å²) in [6.07, 6.45) is 8.42. The molecule has 1 aromatic carbocycles. The zero-order valence-corrected chi connectivity index (χ0v) is 15.6. The third kappa shape index (κ3) is 4.40. The van der Waals surface area contributed by atoms with Crippen molar-refractivity contribution >= 4 is 35.2 Å². The molecule has 7 heteroatoms. The van der Waals surface area contributed by atoms with Gasteiger partial charge in [-0.1, -0.05) is 37.1 Å². The van der Waals surface area contributed by atoms with E-state index >= 15 is 0 Å². The van der Waals surface area contributed by atoms with Crippen molar-refractivity contribution in [1.82, 2.24) is 21.1 Å². The van der Waals surface area contributed by atoms with E-state index < -0.39 is 0 Å². The van der Waals surface area contributed by atoms with Crippen LogP contribution in [0.1, 0.15) is 56.2 Å². The summed E-state index contributed by atoms with van der Waals surface area (Å²) in [5.74, 6) is -0.318. The molecule has 0 unspecified atom stereocenters. The van der Waals surface area contributed by atoms with Gasteiger partial charge in [-0.25, -0.2) is 0 Å². The Morgan fingerprint density at radius 3 is 2.65 bits per heavy atom. The normalized spacial score (nSPS) is 19.0. The van der Waals surface area contributed by atoms with Gasteiger partial charge in [-0.15, -0.1) is 0 Å². The van der Waals surface area contributed by atoms with Crippen LogP contribution < -0.4 is 16.2 Å². The molecule has 0 aromatic heterocycles. The molecule has 1 atom stereocenters. The summed E-state index contributed by atoms with van der Waals surface area (Å²) < 4.78 is 0. The molecular weight excluding hydrogens is 348 g/mol. The number of carbonyl (C=O) groups excluding carboxylic acids is 2. The number of fused-ring (bicyclic) bond motifs is 1. The minimum Gasteiger partial charge on any atom is -0.359 e. The van der Waals surface area contributed by atoms with Crippen LogP contribution in [-0.2, 0) is 9.59 Å². The molecule has 26 heavy (non-hydrogen) atoms. The number of rotatable bonds is 3. The van der Waals surface area contributed by atoms with Crippen LogP contribution in [0.15, 0.2) is 30.5 Å². The summed E-state index contributed by atoms with van der Waals surface area (Å²) in [5, 5.41) is 3.64. The molecule has 0 saturated heterocycles. The summed E-state index contributed by atoms with van der Waals surface area (Å²) in [7, 11) is 0. The van der Waals surface area contributed by atoms with Crippen LogP contribution >= 0.6 is 12.2 Å². The molecule has 138 valence electrons. The summed E-state index contributed by atoms with van der Waals surface area (Å²) in [4.78, 5) is 26.0. The van der Waals surface area contributed by atoms with Crippen LogP contribution in [0, 0.1) is 0 Å². The Balaban J connectivity index is 1.58. The molecule has 1 aliphatic carbocycles. The largest absolute Gasteiger partial charge is 0.359 e. The summed E-state index contributed by atoms with van der Waals surface area (Å²) >= 11 is 5.23. The predicted molar refractivity (Wildman–Crippen MR) is 105 cm³/mol. The van der Waals surface area contributed by atoms with Gasteiger partial charge in [0.05, 0.1) is 12.5 Å². The lowest BCUT2D eigenvalue weighted by Crippen LogP contribution is -2.49. The molecule has 2 aliphatic rings. The molecule has 1 aliphatic heterocycles. The highest BCUT2D eigenvalue weighted by atomic mass is 32.1. The van der Waals surface area contributed by atoms with E-state index in [-0.39, 0.29) is 24.3 Å². The fourth-order valence-electron chi connectivity index (χ4n) is 3.56. The van der Waals surface area contributed by atoms with Crippen molar-refractivity contribution in [2.75, 3.05) is 0 Å². The molecule has 2 amide bonds. The van der Waals surface area contributed by atoms with Gasteiger partial charge < -0.3 is 10.2 Å². The Hall–Kier alpha value is -2.41. The smallest absolute Gasteiger partial charge is 0.240 e. The average Bonchev–Trinajstić information content (AvgIpc) is 3.13. The van der Waals surface area contributed by atoms with Crippen LogP contribution in [0.5, 0.6) is 0 Å². The quantitative estimate of drug-likeness (QED) is 0.561. The topological polar surface area (TPSA) is 73.5 Å². The lowest BCUT2D eigenvalue weighted by atomic mass is 9.93. The minimum atomic E-state index is -0.327. The molecule has 6 nitrogen and oxygen atoms in total. The van der Waals surface area contributed by atoms with Gasteiger partial charge in [0.2, 0.25) is 11.8 Å². The first-order chi connectivity index (χ1) is 12.5. The molecular formula is C19H24N4O2S. The summed E-state index contributed by atoms with van der Waals surface area (Å²) in [6.45, 7) is 1.50. The average molecular weight is 372 g/mol. The van der Waals surface area contributed by atoms with E-state index in [4.69, 9.17) is 12.2 Å². The monoisotopic (exact) mass is 372 g/mol. The standard InChI is InChI=1S/C19H24N4O2S/c1-13(24)23-11-10-14-6-2-5-9-16(14)17(23)12-18(25)21-22-19(26)20-15-7-3-4-8-15/h2,5-6,9-11,15,17H,3-4,7-8,12H2,1H3,(H,21,25)(H2,20,22,26)/t17-/m1/s1. The number of amides is 2. The third-order valence-corrected chi connectivity index (χ3v) is 5.07. The zero-order chi connectivity index (χ0) is 18.5. The number of nitrogens with zero attached hydrogens (tertiary/aromatic N) is 1. The molecule has 1 saturated carbocycles. The Morgan fingerprint density at radius 1 is 1.19 bits per heavy atom. The first kappa shape index (κ1) is 18.4. The Labute approximate surface area is 159 Å². The highest BCUT2D eigenvalue weighted by Crippen LogP contribution is 2.32. The maximum atomic E-state index is 12.4. The van der Waals surface area contributed by atoms with Gasteiger partial charge in [0.1, 0.15) is 0 Å². The second-order valence-corrected chi connectivity index (χ2v) is 7.13. The van der Waals surface area contributed by atoms with E-state index in [1.165, 1.54) is 19.8 Å². The van der Waals surface area contributed by atoms with Crippen molar-refractivity contribution in [3.05, 3.63) is 41.6 Å². The molecule has 1 aromatic rings. The van der Waals surface area contributed by atoms with Crippen LogP contribution in [0.3, 0.4) is 0 Å². The first-order valence-corrected chi connectivity index (χ1v) is 9.37. The molecule has 0 bridgehead atoms. The van der Waals surface area contributed by atoms with E-state index in [9.17, 15) is 9.59 Å². The van der Waals surface area contributed by atoms with E-state index in [1.54, 1.807) is 11.1 Å². The Morgan fingerprint density at radius 2 is 1.92 bits per heavy atom. The van der Waals surface area contributed by atoms with Gasteiger partial charge in [-0.05, 0) is 42.3 Å². The van der Waals surface area contributed by atoms with E-state index in [2.05, 4.69) is 16.2 Å². The van der Waals surface area contributed by atoms with Crippen molar-refractivity contribution in [2.24, 2.45) is 0 Å². The van der Waals surface area contributed by atoms with E-state index in [0.29, 0.717) is 11.2 Å². The summed E-state index contributed by atoms with van der Waals surface area (Å²) in [5.41, 5.74) is 7.39. The van der Waals surface area contributed by atoms with Crippen LogP contribution in [-0.4, -0.2) is 27.9 Å². The zero-order valence-electron chi connectivity index (χ0n) is 14.8. The van der Waals surface area contributed by atoms with Crippen molar-refractivity contribution in [3.8, 4) is 0 Å². The number of carbonyl (C=O) groups is 2. The first-order valence-electron chi connectivity index (χ1n) is 8.96. The minimum absolute atomic E-state index is 0.0973. The van der Waals surface area contributed by atoms with Crippen molar-refractivity contribution in [2.45, 2.75) is 51.1 Å². The van der Waals surface area contributed by atoms with Gasteiger partial charge >= 0.3 is 0 Å². The maximum absolute atomic E-state index is 12.4. The van der Waals surface area contributed by atoms with Crippen molar-refractivity contribution in [3.63, 3.8) is 0 Å². The van der Waals surface area contributed by atoms with Crippen molar-refractivity contribution < 1.29 is 9.59 Å². The summed E-state index contributed by atoms with van der Waals surface area (Å²) in [6, 6.07) is 7.85. The fourth-order valence-corrected chi connectivity index (χ4v) is 3.78. The van der Waals surface area contributed by atoms with Gasteiger partial charge in [0.15, 0.2) is 5.11 Å². The number of hydrogen-bond donors (Lipinski definition) is 3. The maximum Gasteiger partial charge on any atom is 0.240 e.